The van der Waals surface area contributed by atoms with Crippen molar-refractivity contribution >= 4 is 12.0 Å². The molecule has 1 rings (SSSR count). The molecule has 0 saturated carbocycles. The van der Waals surface area contributed by atoms with Crippen LogP contribution in [0.15, 0.2) is 0 Å². The van der Waals surface area contributed by atoms with Gasteiger partial charge in [0.15, 0.2) is 0 Å². The number of amides is 2. The summed E-state index contributed by atoms with van der Waals surface area (Å²) >= 11 is 0. The average Bonchev–Trinajstić information content (AvgIpc) is 2.68. The quantitative estimate of drug-likeness (QED) is 0.786. The minimum Gasteiger partial charge on any atom is -0.481 e. The number of aliphatic carboxylic acids is 1. The van der Waals surface area contributed by atoms with E-state index in [4.69, 9.17) is 9.84 Å². The molecule has 0 spiro atoms. The smallest absolute Gasteiger partial charge is 0.317 e. The van der Waals surface area contributed by atoms with E-state index in [9.17, 15) is 9.59 Å². The van der Waals surface area contributed by atoms with E-state index >= 15 is 0 Å². The largest absolute Gasteiger partial charge is 0.481 e. The molecule has 2 N–H and O–H groups in total. The molecule has 1 aliphatic rings. The number of ether oxygens (including phenoxy) is 1. The van der Waals surface area contributed by atoms with Gasteiger partial charge in [-0.2, -0.15) is 0 Å². The summed E-state index contributed by atoms with van der Waals surface area (Å²) in [5.41, 5.74) is 0. The third kappa shape index (κ3) is 6.33. The Morgan fingerprint density at radius 2 is 2.05 bits per heavy atom. The lowest BCUT2D eigenvalue weighted by Gasteiger charge is -2.23. The topological polar surface area (TPSA) is 78.9 Å². The molecule has 0 radical (unpaired) electrons. The van der Waals surface area contributed by atoms with E-state index in [1.807, 2.05) is 4.90 Å². The first-order chi connectivity index (χ1) is 9.93. The molecule has 2 amide bonds. The summed E-state index contributed by atoms with van der Waals surface area (Å²) in [7, 11) is 1.46. The van der Waals surface area contributed by atoms with E-state index in [-0.39, 0.29) is 19.0 Å². The van der Waals surface area contributed by atoms with Crippen molar-refractivity contribution in [2.75, 3.05) is 26.7 Å². The van der Waals surface area contributed by atoms with E-state index in [0.29, 0.717) is 11.8 Å². The Hall–Kier alpha value is -1.30. The number of rotatable bonds is 6. The van der Waals surface area contributed by atoms with Crippen LogP contribution in [0, 0.1) is 11.8 Å². The first kappa shape index (κ1) is 17.8. The summed E-state index contributed by atoms with van der Waals surface area (Å²) in [5, 5.41) is 11.5. The van der Waals surface area contributed by atoms with Gasteiger partial charge in [-0.05, 0) is 31.1 Å². The van der Waals surface area contributed by atoms with Crippen LogP contribution >= 0.6 is 0 Å². The summed E-state index contributed by atoms with van der Waals surface area (Å²) in [6, 6.07) is -0.119. The van der Waals surface area contributed by atoms with Crippen LogP contribution in [0.25, 0.3) is 0 Å². The van der Waals surface area contributed by atoms with Gasteiger partial charge < -0.3 is 20.1 Å². The number of likely N-dealkylation sites (tertiary alicyclic amines) is 1. The number of hydrogen-bond acceptors (Lipinski definition) is 3. The van der Waals surface area contributed by atoms with Gasteiger partial charge in [0, 0.05) is 26.7 Å². The SMILES string of the molecule is COC(CNC(=O)N1CCCC(C(C)C)CC1)CC(=O)O. The highest BCUT2D eigenvalue weighted by atomic mass is 16.5. The standard InChI is InChI=1S/C15H28N2O4/c1-11(2)12-5-4-7-17(8-6-12)15(20)16-10-13(21-3)9-14(18)19/h11-13H,4-10H2,1-3H3,(H,16,20)(H,18,19). The van der Waals surface area contributed by atoms with Gasteiger partial charge in [-0.15, -0.1) is 0 Å². The maximum absolute atomic E-state index is 12.1. The molecule has 6 nitrogen and oxygen atoms in total. The molecule has 1 aliphatic heterocycles. The minimum absolute atomic E-state index is 0.105. The zero-order chi connectivity index (χ0) is 15.8. The van der Waals surface area contributed by atoms with Gasteiger partial charge in [-0.1, -0.05) is 13.8 Å². The van der Waals surface area contributed by atoms with E-state index < -0.39 is 12.1 Å². The molecule has 2 unspecified atom stereocenters. The second-order valence-corrected chi connectivity index (χ2v) is 6.06. The van der Waals surface area contributed by atoms with Crippen LogP contribution in [0.4, 0.5) is 4.79 Å². The number of carboxylic acids is 1. The Labute approximate surface area is 126 Å². The molecule has 1 fully saturated rings. The van der Waals surface area contributed by atoms with Gasteiger partial charge in [0.1, 0.15) is 0 Å². The van der Waals surface area contributed by atoms with E-state index in [2.05, 4.69) is 19.2 Å². The molecule has 0 aromatic heterocycles. The predicted octanol–water partition coefficient (Wildman–Crippen LogP) is 1.94. The highest BCUT2D eigenvalue weighted by molar-refractivity contribution is 5.74. The molecule has 122 valence electrons. The van der Waals surface area contributed by atoms with Gasteiger partial charge in [-0.25, -0.2) is 4.79 Å². The Bertz CT molecular complexity index is 347. The number of nitrogens with one attached hydrogen (secondary N) is 1. The van der Waals surface area contributed by atoms with Crippen molar-refractivity contribution in [2.45, 2.75) is 45.6 Å². The Kier molecular flexibility index (Phi) is 7.50. The zero-order valence-corrected chi connectivity index (χ0v) is 13.3. The van der Waals surface area contributed by atoms with Gasteiger partial charge in [0.2, 0.25) is 0 Å². The van der Waals surface area contributed by atoms with E-state index in [1.165, 1.54) is 13.5 Å². The lowest BCUT2D eigenvalue weighted by molar-refractivity contribution is -0.139. The number of carboxylic acid groups (broad SMARTS) is 1. The molecular formula is C15H28N2O4. The third-order valence-electron chi connectivity index (χ3n) is 4.22. The molecule has 0 aromatic carbocycles. The minimum atomic E-state index is -0.925. The Morgan fingerprint density at radius 3 is 2.62 bits per heavy atom. The van der Waals surface area contributed by atoms with Crippen molar-refractivity contribution in [2.24, 2.45) is 11.8 Å². The first-order valence-electron chi connectivity index (χ1n) is 7.71. The van der Waals surface area contributed by atoms with Crippen molar-refractivity contribution < 1.29 is 19.4 Å². The second-order valence-electron chi connectivity index (χ2n) is 6.06. The molecule has 1 saturated heterocycles. The highest BCUT2D eigenvalue weighted by Gasteiger charge is 2.23. The fourth-order valence-electron chi connectivity index (χ4n) is 2.74. The number of hydrogen-bond donors (Lipinski definition) is 2. The lowest BCUT2D eigenvalue weighted by atomic mass is 9.89. The Balaban J connectivity index is 2.39. The van der Waals surface area contributed by atoms with E-state index in [1.54, 1.807) is 0 Å². The van der Waals surface area contributed by atoms with Gasteiger partial charge >= 0.3 is 12.0 Å². The van der Waals surface area contributed by atoms with E-state index in [0.717, 1.165) is 25.9 Å². The van der Waals surface area contributed by atoms with Crippen LogP contribution in [-0.4, -0.2) is 54.9 Å². The Morgan fingerprint density at radius 1 is 1.33 bits per heavy atom. The molecule has 6 heteroatoms. The van der Waals surface area contributed by atoms with Gasteiger partial charge in [0.25, 0.3) is 0 Å². The molecule has 0 aromatic rings. The summed E-state index contributed by atoms with van der Waals surface area (Å²) in [4.78, 5) is 24.6. The summed E-state index contributed by atoms with van der Waals surface area (Å²) in [6.45, 7) is 6.23. The molecule has 2 atom stereocenters. The number of carbonyl (C=O) groups is 2. The molecular weight excluding hydrogens is 272 g/mol. The second kappa shape index (κ2) is 8.87. The molecule has 21 heavy (non-hydrogen) atoms. The molecule has 0 aliphatic carbocycles. The number of urea groups is 1. The predicted molar refractivity (Wildman–Crippen MR) is 80.2 cm³/mol. The van der Waals surface area contributed by atoms with Crippen molar-refractivity contribution in [3.05, 3.63) is 0 Å². The summed E-state index contributed by atoms with van der Waals surface area (Å²) < 4.78 is 5.06. The van der Waals surface area contributed by atoms with Crippen LogP contribution < -0.4 is 5.32 Å². The van der Waals surface area contributed by atoms with Crippen molar-refractivity contribution in [1.29, 1.82) is 0 Å². The van der Waals surface area contributed by atoms with Crippen LogP contribution in [0.1, 0.15) is 39.5 Å². The number of methoxy groups -OCH3 is 1. The fraction of sp³-hybridized carbons (Fsp3) is 0.867. The van der Waals surface area contributed by atoms with Crippen LogP contribution in [-0.2, 0) is 9.53 Å². The summed E-state index contributed by atoms with van der Waals surface area (Å²) in [5.74, 6) is 0.411. The van der Waals surface area contributed by atoms with Crippen molar-refractivity contribution in [1.82, 2.24) is 10.2 Å². The van der Waals surface area contributed by atoms with Crippen molar-refractivity contribution in [3.8, 4) is 0 Å². The van der Waals surface area contributed by atoms with Crippen LogP contribution in [0.5, 0.6) is 0 Å². The van der Waals surface area contributed by atoms with Crippen LogP contribution in [0.2, 0.25) is 0 Å². The highest BCUT2D eigenvalue weighted by Crippen LogP contribution is 2.24. The molecule has 1 heterocycles. The zero-order valence-electron chi connectivity index (χ0n) is 13.3. The van der Waals surface area contributed by atoms with Crippen LogP contribution in [0.3, 0.4) is 0 Å². The lowest BCUT2D eigenvalue weighted by Crippen LogP contribution is -2.44. The monoisotopic (exact) mass is 300 g/mol. The maximum atomic E-state index is 12.1. The normalized spacial score (nSPS) is 21.0. The fourth-order valence-corrected chi connectivity index (χ4v) is 2.74. The third-order valence-corrected chi connectivity index (χ3v) is 4.22. The van der Waals surface area contributed by atoms with Gasteiger partial charge in [0.05, 0.1) is 12.5 Å². The number of nitrogens with zero attached hydrogens (tertiary/aromatic N) is 1. The maximum Gasteiger partial charge on any atom is 0.317 e. The summed E-state index contributed by atoms with van der Waals surface area (Å²) in [6.07, 6.45) is 2.64. The first-order valence-corrected chi connectivity index (χ1v) is 7.71. The molecule has 0 bridgehead atoms. The number of carbonyl (C=O) groups excluding carboxylic acids is 1. The average molecular weight is 300 g/mol. The van der Waals surface area contributed by atoms with Crippen molar-refractivity contribution in [3.63, 3.8) is 0 Å². The van der Waals surface area contributed by atoms with Gasteiger partial charge in [-0.3, -0.25) is 4.79 Å².